The number of carbonyl (C=O) groups is 2. The van der Waals surface area contributed by atoms with Gasteiger partial charge in [-0.25, -0.2) is 0 Å². The molecule has 1 fully saturated rings. The molecule has 29 heavy (non-hydrogen) atoms. The topological polar surface area (TPSA) is 99.2 Å². The number of hydrogen-bond donors (Lipinski definition) is 2. The maximum atomic E-state index is 14.0. The normalized spacial score (nSPS) is 16.3. The van der Waals surface area contributed by atoms with Gasteiger partial charge in [-0.3, -0.25) is 14.5 Å². The van der Waals surface area contributed by atoms with Crippen molar-refractivity contribution in [1.82, 2.24) is 10.2 Å². The lowest BCUT2D eigenvalue weighted by Crippen LogP contribution is -2.51. The molecule has 0 aromatic heterocycles. The molecule has 1 saturated carbocycles. The van der Waals surface area contributed by atoms with E-state index in [1.807, 2.05) is 0 Å². The minimum absolute atomic E-state index is 0.0888. The number of carbonyl (C=O) groups excluding carboxylic acids is 2. The predicted molar refractivity (Wildman–Crippen MR) is 100 cm³/mol. The number of nitrogens with two attached hydrogens (primary N) is 1. The smallest absolute Gasteiger partial charge is 0.368 e. The molecule has 0 heterocycles. The van der Waals surface area contributed by atoms with Crippen LogP contribution in [-0.2, 0) is 4.79 Å². The van der Waals surface area contributed by atoms with Crippen molar-refractivity contribution in [2.75, 3.05) is 6.54 Å². The fourth-order valence-corrected chi connectivity index (χ4v) is 3.21. The summed E-state index contributed by atoms with van der Waals surface area (Å²) in [4.78, 5) is 24.8. The largest absolute Gasteiger partial charge is 0.408 e. The van der Waals surface area contributed by atoms with Gasteiger partial charge in [0.1, 0.15) is 6.04 Å². The quantitative estimate of drug-likeness (QED) is 0.612. The number of nitrogens with zero attached hydrogens (tertiary/aromatic N) is 2. The highest BCUT2D eigenvalue weighted by atomic mass is 19.4. The summed E-state index contributed by atoms with van der Waals surface area (Å²) in [6, 6.07) is 3.44. The molecule has 0 radical (unpaired) electrons. The maximum absolute atomic E-state index is 14.0. The molecule has 3 N–H and O–H groups in total. The Morgan fingerprint density at radius 2 is 1.86 bits per heavy atom. The van der Waals surface area contributed by atoms with Crippen LogP contribution in [0.2, 0.25) is 0 Å². The van der Waals surface area contributed by atoms with Crippen LogP contribution in [-0.4, -0.2) is 41.5 Å². The Bertz CT molecular complexity index is 767. The average Bonchev–Trinajstić information content (AvgIpc) is 3.42. The molecule has 1 aliphatic carbocycles. The van der Waals surface area contributed by atoms with E-state index < -0.39 is 30.7 Å². The van der Waals surface area contributed by atoms with E-state index in [1.165, 1.54) is 24.3 Å². The van der Waals surface area contributed by atoms with Gasteiger partial charge >= 0.3 is 6.18 Å². The monoisotopic (exact) mass is 410 g/mol. The number of primary amides is 1. The number of halogens is 3. The summed E-state index contributed by atoms with van der Waals surface area (Å²) in [7, 11) is 0. The molecule has 9 heteroatoms. The van der Waals surface area contributed by atoms with E-state index >= 15 is 0 Å². The number of nitrogens with one attached hydrogen (secondary N) is 1. The number of nitriles is 1. The molecule has 0 spiro atoms. The summed E-state index contributed by atoms with van der Waals surface area (Å²) in [6.07, 6.45) is -2.87. The third-order valence-electron chi connectivity index (χ3n) is 4.72. The molecule has 1 aromatic carbocycles. The Morgan fingerprint density at radius 1 is 1.28 bits per heavy atom. The lowest BCUT2D eigenvalue weighted by atomic mass is 9.96. The number of rotatable bonds is 9. The summed E-state index contributed by atoms with van der Waals surface area (Å²) in [5.41, 5.74) is 5.47. The van der Waals surface area contributed by atoms with Crippen molar-refractivity contribution in [3.05, 3.63) is 35.4 Å². The van der Waals surface area contributed by atoms with E-state index in [-0.39, 0.29) is 35.4 Å². The molecule has 1 aromatic rings. The third kappa shape index (κ3) is 6.19. The van der Waals surface area contributed by atoms with E-state index in [0.29, 0.717) is 0 Å². The van der Waals surface area contributed by atoms with Crippen molar-refractivity contribution in [2.45, 2.75) is 57.4 Å². The van der Waals surface area contributed by atoms with Crippen LogP contribution in [0.1, 0.15) is 55.1 Å². The molecule has 2 rings (SSSR count). The van der Waals surface area contributed by atoms with Gasteiger partial charge in [-0.15, -0.1) is 0 Å². The fraction of sp³-hybridized carbons (Fsp3) is 0.550. The lowest BCUT2D eigenvalue weighted by molar-refractivity contribution is -0.192. The van der Waals surface area contributed by atoms with Crippen molar-refractivity contribution < 1.29 is 22.8 Å². The summed E-state index contributed by atoms with van der Waals surface area (Å²) < 4.78 is 42.0. The molecule has 2 atom stereocenters. The maximum Gasteiger partial charge on any atom is 0.408 e. The molecule has 0 bridgehead atoms. The second kappa shape index (κ2) is 9.27. The minimum atomic E-state index is -4.75. The zero-order valence-electron chi connectivity index (χ0n) is 16.4. The predicted octanol–water partition coefficient (Wildman–Crippen LogP) is 2.91. The van der Waals surface area contributed by atoms with Gasteiger partial charge < -0.3 is 11.1 Å². The lowest BCUT2D eigenvalue weighted by Gasteiger charge is -2.37. The zero-order valence-corrected chi connectivity index (χ0v) is 16.4. The Kier molecular flexibility index (Phi) is 7.25. The standard InChI is InChI=1S/C20H25F3N4O2/c1-12(2)11-16(18(25)28)27(10-9-24)17(20(21,22)23)13-3-5-14(6-4-13)19(29)26-15-7-8-15/h3-6,12,15-17H,7-8,10-11H2,1-2H3,(H2,25,28)(H,26,29)/t16-,17?/m0/s1. The van der Waals surface area contributed by atoms with Gasteiger partial charge in [0.05, 0.1) is 18.7 Å². The first-order valence-electron chi connectivity index (χ1n) is 9.44. The van der Waals surface area contributed by atoms with Crippen molar-refractivity contribution >= 4 is 11.8 Å². The summed E-state index contributed by atoms with van der Waals surface area (Å²) in [6.45, 7) is 2.90. The molecule has 2 amide bonds. The number of benzene rings is 1. The zero-order chi connectivity index (χ0) is 21.8. The van der Waals surface area contributed by atoms with E-state index in [1.54, 1.807) is 19.9 Å². The van der Waals surface area contributed by atoms with Crippen LogP contribution in [0.3, 0.4) is 0 Å². The van der Waals surface area contributed by atoms with E-state index in [2.05, 4.69) is 5.32 Å². The molecule has 1 unspecified atom stereocenters. The first-order valence-corrected chi connectivity index (χ1v) is 9.44. The van der Waals surface area contributed by atoms with Gasteiger partial charge in [0, 0.05) is 11.6 Å². The van der Waals surface area contributed by atoms with E-state index in [9.17, 15) is 22.8 Å². The first kappa shape index (κ1) is 22.7. The van der Waals surface area contributed by atoms with E-state index in [4.69, 9.17) is 11.0 Å². The summed E-state index contributed by atoms with van der Waals surface area (Å²) >= 11 is 0. The van der Waals surface area contributed by atoms with Gasteiger partial charge in [0.2, 0.25) is 5.91 Å². The summed E-state index contributed by atoms with van der Waals surface area (Å²) in [5, 5.41) is 11.9. The van der Waals surface area contributed by atoms with Crippen molar-refractivity contribution in [3.8, 4) is 6.07 Å². The van der Waals surface area contributed by atoms with Gasteiger partial charge in [0.15, 0.2) is 0 Å². The molecular formula is C20H25F3N4O2. The minimum Gasteiger partial charge on any atom is -0.368 e. The molecule has 0 aliphatic heterocycles. The molecule has 0 saturated heterocycles. The van der Waals surface area contributed by atoms with Crippen LogP contribution in [0.15, 0.2) is 24.3 Å². The number of hydrogen-bond acceptors (Lipinski definition) is 4. The average molecular weight is 410 g/mol. The SMILES string of the molecule is CC(C)C[C@@H](C(N)=O)N(CC#N)C(c1ccc(C(=O)NC2CC2)cc1)C(F)(F)F. The molecular weight excluding hydrogens is 385 g/mol. The van der Waals surface area contributed by atoms with Crippen LogP contribution in [0.5, 0.6) is 0 Å². The number of alkyl halides is 3. The summed E-state index contributed by atoms with van der Waals surface area (Å²) in [5.74, 6) is -1.36. The highest BCUT2D eigenvalue weighted by molar-refractivity contribution is 5.94. The molecule has 6 nitrogen and oxygen atoms in total. The van der Waals surface area contributed by atoms with Crippen LogP contribution in [0, 0.1) is 17.2 Å². The van der Waals surface area contributed by atoms with Crippen LogP contribution < -0.4 is 11.1 Å². The van der Waals surface area contributed by atoms with Crippen LogP contribution >= 0.6 is 0 Å². The van der Waals surface area contributed by atoms with Crippen LogP contribution in [0.25, 0.3) is 0 Å². The molecule has 1 aliphatic rings. The number of amides is 2. The second-order valence-corrected chi connectivity index (χ2v) is 7.69. The Morgan fingerprint density at radius 3 is 2.28 bits per heavy atom. The van der Waals surface area contributed by atoms with Gasteiger partial charge in [-0.05, 0) is 42.9 Å². The molecule has 158 valence electrons. The Hall–Kier alpha value is -2.60. The van der Waals surface area contributed by atoms with Gasteiger partial charge in [0.25, 0.3) is 5.91 Å². The fourth-order valence-electron chi connectivity index (χ4n) is 3.21. The second-order valence-electron chi connectivity index (χ2n) is 7.69. The third-order valence-corrected chi connectivity index (χ3v) is 4.72. The highest BCUT2D eigenvalue weighted by Crippen LogP contribution is 2.39. The highest BCUT2D eigenvalue weighted by Gasteiger charge is 2.48. The van der Waals surface area contributed by atoms with E-state index in [0.717, 1.165) is 17.7 Å². The van der Waals surface area contributed by atoms with Crippen LogP contribution in [0.4, 0.5) is 13.2 Å². The first-order chi connectivity index (χ1) is 13.5. The Labute approximate surface area is 167 Å². The van der Waals surface area contributed by atoms with Crippen molar-refractivity contribution in [2.24, 2.45) is 11.7 Å². The Balaban J connectivity index is 2.38. The van der Waals surface area contributed by atoms with Crippen molar-refractivity contribution in [1.29, 1.82) is 5.26 Å². The van der Waals surface area contributed by atoms with Crippen molar-refractivity contribution in [3.63, 3.8) is 0 Å². The van der Waals surface area contributed by atoms with Gasteiger partial charge in [-0.2, -0.15) is 18.4 Å². The van der Waals surface area contributed by atoms with Gasteiger partial charge in [-0.1, -0.05) is 26.0 Å².